The molecule has 0 spiro atoms. The highest BCUT2D eigenvalue weighted by molar-refractivity contribution is 9.10. The van der Waals surface area contributed by atoms with Crippen molar-refractivity contribution >= 4 is 55.1 Å². The Labute approximate surface area is 244 Å². The Kier molecular flexibility index (Phi) is 10.6. The number of halogens is 2. The lowest BCUT2D eigenvalue weighted by molar-refractivity contribution is -0.139. The molecule has 0 fully saturated rings. The Morgan fingerprint density at radius 1 is 0.974 bits per heavy atom. The van der Waals surface area contributed by atoms with E-state index in [2.05, 4.69) is 21.2 Å². The molecule has 0 aliphatic heterocycles. The van der Waals surface area contributed by atoms with Crippen LogP contribution in [0.3, 0.4) is 0 Å². The lowest BCUT2D eigenvalue weighted by Crippen LogP contribution is -2.52. The first-order valence-electron chi connectivity index (χ1n) is 12.6. The Hall–Kier alpha value is -2.88. The van der Waals surface area contributed by atoms with E-state index in [0.717, 1.165) is 20.8 Å². The summed E-state index contributed by atoms with van der Waals surface area (Å²) >= 11 is 9.77. The number of aryl methyl sites for hydroxylation is 1. The first-order valence-corrected chi connectivity index (χ1v) is 15.2. The zero-order chi connectivity index (χ0) is 28.7. The number of amides is 2. The summed E-state index contributed by atoms with van der Waals surface area (Å²) < 4.78 is 29.5. The number of sulfonamides is 1. The van der Waals surface area contributed by atoms with E-state index >= 15 is 0 Å². The molecule has 0 saturated carbocycles. The topological polar surface area (TPSA) is 86.8 Å². The number of nitrogens with one attached hydrogen (secondary N) is 1. The van der Waals surface area contributed by atoms with Gasteiger partial charge in [-0.1, -0.05) is 70.3 Å². The van der Waals surface area contributed by atoms with Crippen LogP contribution < -0.4 is 9.62 Å². The average Bonchev–Trinajstić information content (AvgIpc) is 2.91. The van der Waals surface area contributed by atoms with Crippen LogP contribution in [-0.2, 0) is 26.2 Å². The summed E-state index contributed by atoms with van der Waals surface area (Å²) in [7, 11) is -4.12. The van der Waals surface area contributed by atoms with Gasteiger partial charge in [0.05, 0.1) is 10.6 Å². The third-order valence-electron chi connectivity index (χ3n) is 6.47. The summed E-state index contributed by atoms with van der Waals surface area (Å²) in [4.78, 5) is 28.5. The molecule has 3 aromatic rings. The lowest BCUT2D eigenvalue weighted by Gasteiger charge is -2.32. The van der Waals surface area contributed by atoms with Gasteiger partial charge < -0.3 is 10.2 Å². The standard InChI is InChI=1S/C29H33BrClN3O4S/c1-5-21(3)32-29(36)22(4)33(18-23-8-6-7-9-27(23)31)28(35)19-34(25-14-12-24(30)13-15-25)39(37,38)26-16-10-20(2)11-17-26/h6-17,21-22H,5,18-19H2,1-4H3,(H,32,36)/t21-,22-/m0/s1. The van der Waals surface area contributed by atoms with Crippen molar-refractivity contribution in [3.8, 4) is 0 Å². The molecule has 7 nitrogen and oxygen atoms in total. The molecule has 0 heterocycles. The lowest BCUT2D eigenvalue weighted by atomic mass is 10.1. The van der Waals surface area contributed by atoms with Crippen LogP contribution in [0.1, 0.15) is 38.3 Å². The number of hydrogen-bond donors (Lipinski definition) is 1. The van der Waals surface area contributed by atoms with Crippen LogP contribution in [0.4, 0.5) is 5.69 Å². The highest BCUT2D eigenvalue weighted by Gasteiger charge is 2.33. The Bertz CT molecular complexity index is 1400. The zero-order valence-electron chi connectivity index (χ0n) is 22.4. The molecular weight excluding hydrogens is 602 g/mol. The van der Waals surface area contributed by atoms with Crippen molar-refractivity contribution < 1.29 is 18.0 Å². The summed E-state index contributed by atoms with van der Waals surface area (Å²) in [5.74, 6) is -0.873. The van der Waals surface area contributed by atoms with Crippen molar-refractivity contribution in [3.63, 3.8) is 0 Å². The first kappa shape index (κ1) is 30.7. The van der Waals surface area contributed by atoms with Gasteiger partial charge in [0.1, 0.15) is 12.6 Å². The maximum absolute atomic E-state index is 13.9. The van der Waals surface area contributed by atoms with E-state index in [0.29, 0.717) is 16.3 Å². The van der Waals surface area contributed by atoms with Gasteiger partial charge in [0, 0.05) is 22.1 Å². The van der Waals surface area contributed by atoms with Crippen LogP contribution in [0.15, 0.2) is 82.2 Å². The molecule has 0 aliphatic rings. The SMILES string of the molecule is CC[C@H](C)NC(=O)[C@H](C)N(Cc1ccccc1Cl)C(=O)CN(c1ccc(Br)cc1)S(=O)(=O)c1ccc(C)cc1. The highest BCUT2D eigenvalue weighted by atomic mass is 79.9. The molecule has 2 atom stereocenters. The molecule has 1 N–H and O–H groups in total. The second kappa shape index (κ2) is 13.5. The normalized spacial score (nSPS) is 12.9. The van der Waals surface area contributed by atoms with E-state index < -0.39 is 28.5 Å². The second-order valence-corrected chi connectivity index (χ2v) is 12.6. The number of hydrogen-bond acceptors (Lipinski definition) is 4. The van der Waals surface area contributed by atoms with Crippen LogP contribution in [0.2, 0.25) is 5.02 Å². The molecule has 39 heavy (non-hydrogen) atoms. The molecule has 3 aromatic carbocycles. The van der Waals surface area contributed by atoms with E-state index in [1.54, 1.807) is 67.6 Å². The van der Waals surface area contributed by atoms with E-state index in [1.165, 1.54) is 17.0 Å². The van der Waals surface area contributed by atoms with Crippen molar-refractivity contribution in [2.45, 2.75) is 57.6 Å². The third-order valence-corrected chi connectivity index (χ3v) is 9.15. The van der Waals surface area contributed by atoms with Crippen molar-refractivity contribution in [2.75, 3.05) is 10.8 Å². The van der Waals surface area contributed by atoms with Crippen LogP contribution in [-0.4, -0.2) is 43.8 Å². The maximum Gasteiger partial charge on any atom is 0.264 e. The predicted octanol–water partition coefficient (Wildman–Crippen LogP) is 5.94. The quantitative estimate of drug-likeness (QED) is 0.283. The Morgan fingerprint density at radius 3 is 2.18 bits per heavy atom. The van der Waals surface area contributed by atoms with Gasteiger partial charge in [0.25, 0.3) is 10.0 Å². The van der Waals surface area contributed by atoms with Gasteiger partial charge in [0.15, 0.2) is 0 Å². The predicted molar refractivity (Wildman–Crippen MR) is 159 cm³/mol. The molecule has 2 amide bonds. The molecule has 0 aliphatic carbocycles. The molecule has 0 unspecified atom stereocenters. The number of anilines is 1. The van der Waals surface area contributed by atoms with Crippen molar-refractivity contribution in [3.05, 3.63) is 93.4 Å². The molecule has 208 valence electrons. The Balaban J connectivity index is 2.03. The fraction of sp³-hybridized carbons (Fsp3) is 0.310. The molecule has 0 radical (unpaired) electrons. The zero-order valence-corrected chi connectivity index (χ0v) is 25.6. The van der Waals surface area contributed by atoms with Crippen LogP contribution in [0, 0.1) is 6.92 Å². The Morgan fingerprint density at radius 2 is 1.59 bits per heavy atom. The van der Waals surface area contributed by atoms with Crippen LogP contribution in [0.25, 0.3) is 0 Å². The number of carbonyl (C=O) groups excluding carboxylic acids is 2. The van der Waals surface area contributed by atoms with E-state index in [-0.39, 0.29) is 23.4 Å². The van der Waals surface area contributed by atoms with Gasteiger partial charge in [-0.05, 0) is 75.2 Å². The third kappa shape index (κ3) is 7.84. The smallest absolute Gasteiger partial charge is 0.264 e. The number of rotatable bonds is 11. The van der Waals surface area contributed by atoms with Crippen molar-refractivity contribution in [1.29, 1.82) is 0 Å². The summed E-state index contributed by atoms with van der Waals surface area (Å²) in [5.41, 5.74) is 1.88. The molecule has 0 bridgehead atoms. The van der Waals surface area contributed by atoms with Gasteiger partial charge in [-0.15, -0.1) is 0 Å². The van der Waals surface area contributed by atoms with Gasteiger partial charge in [-0.2, -0.15) is 0 Å². The maximum atomic E-state index is 13.9. The largest absolute Gasteiger partial charge is 0.352 e. The summed E-state index contributed by atoms with van der Waals surface area (Å²) in [6, 6.07) is 19.2. The number of benzene rings is 3. The summed E-state index contributed by atoms with van der Waals surface area (Å²) in [6.45, 7) is 6.86. The van der Waals surface area contributed by atoms with Gasteiger partial charge in [0.2, 0.25) is 11.8 Å². The van der Waals surface area contributed by atoms with Crippen molar-refractivity contribution in [1.82, 2.24) is 10.2 Å². The highest BCUT2D eigenvalue weighted by Crippen LogP contribution is 2.27. The molecule has 0 saturated heterocycles. The minimum absolute atomic E-state index is 0.0341. The number of nitrogens with zero attached hydrogens (tertiary/aromatic N) is 2. The van der Waals surface area contributed by atoms with Gasteiger partial charge in [-0.25, -0.2) is 8.42 Å². The van der Waals surface area contributed by atoms with Crippen LogP contribution >= 0.6 is 27.5 Å². The van der Waals surface area contributed by atoms with E-state index in [9.17, 15) is 18.0 Å². The van der Waals surface area contributed by atoms with Crippen LogP contribution in [0.5, 0.6) is 0 Å². The monoisotopic (exact) mass is 633 g/mol. The average molecular weight is 635 g/mol. The summed E-state index contributed by atoms with van der Waals surface area (Å²) in [6.07, 6.45) is 0.725. The fourth-order valence-electron chi connectivity index (χ4n) is 3.83. The molecular formula is C29H33BrClN3O4S. The minimum Gasteiger partial charge on any atom is -0.352 e. The summed E-state index contributed by atoms with van der Waals surface area (Å²) in [5, 5.41) is 3.36. The first-order chi connectivity index (χ1) is 18.4. The minimum atomic E-state index is -4.12. The fourth-order valence-corrected chi connectivity index (χ4v) is 5.71. The second-order valence-electron chi connectivity index (χ2n) is 9.41. The van der Waals surface area contributed by atoms with Gasteiger partial charge in [-0.3, -0.25) is 13.9 Å². The molecule has 10 heteroatoms. The van der Waals surface area contributed by atoms with E-state index in [1.807, 2.05) is 20.8 Å². The molecule has 3 rings (SSSR count). The number of carbonyl (C=O) groups is 2. The van der Waals surface area contributed by atoms with Crippen molar-refractivity contribution in [2.24, 2.45) is 0 Å². The van der Waals surface area contributed by atoms with Gasteiger partial charge >= 0.3 is 0 Å². The molecule has 0 aromatic heterocycles. The van der Waals surface area contributed by atoms with E-state index in [4.69, 9.17) is 11.6 Å².